The van der Waals surface area contributed by atoms with Gasteiger partial charge in [0.05, 0.1) is 20.3 Å². The predicted octanol–water partition coefficient (Wildman–Crippen LogP) is -2.41. The molecule has 17 nitrogen and oxygen atoms in total. The molecule has 2 aromatic carbocycles. The van der Waals surface area contributed by atoms with Crippen molar-refractivity contribution in [2.45, 2.75) is 61.4 Å². The lowest BCUT2D eigenvalue weighted by atomic mass is 9.97. The molecule has 1 aromatic heterocycles. The molecule has 10 unspecified atom stereocenters. The van der Waals surface area contributed by atoms with Crippen LogP contribution in [0, 0.1) is 0 Å². The number of benzene rings is 2. The number of rotatable bonds is 8. The van der Waals surface area contributed by atoms with E-state index in [0.717, 1.165) is 12.1 Å². The second-order valence-corrected chi connectivity index (χ2v) is 10.4. The number of aromatic hydroxyl groups is 3. The zero-order valence-electron chi connectivity index (χ0n) is 23.4. The number of phenols is 3. The summed E-state index contributed by atoms with van der Waals surface area (Å²) in [5.41, 5.74) is -1.23. The van der Waals surface area contributed by atoms with Gasteiger partial charge in [-0.1, -0.05) is 0 Å². The zero-order valence-corrected chi connectivity index (χ0v) is 23.4. The minimum Gasteiger partial charge on any atom is -0.508 e. The van der Waals surface area contributed by atoms with E-state index in [1.807, 2.05) is 0 Å². The second kappa shape index (κ2) is 12.9. The van der Waals surface area contributed by atoms with Crippen LogP contribution in [-0.2, 0) is 14.2 Å². The summed E-state index contributed by atoms with van der Waals surface area (Å²) in [7, 11) is 1.27. The molecule has 0 amide bonds. The van der Waals surface area contributed by atoms with Gasteiger partial charge in [0.25, 0.3) is 0 Å². The third kappa shape index (κ3) is 5.98. The minimum atomic E-state index is -1.96. The first-order chi connectivity index (χ1) is 21.4. The zero-order chi connectivity index (χ0) is 32.7. The van der Waals surface area contributed by atoms with E-state index in [9.17, 15) is 55.9 Å². The van der Waals surface area contributed by atoms with E-state index in [0.29, 0.717) is 0 Å². The van der Waals surface area contributed by atoms with Crippen molar-refractivity contribution in [1.82, 2.24) is 0 Å². The van der Waals surface area contributed by atoms with E-state index < -0.39 is 103 Å². The Morgan fingerprint density at radius 3 is 2.07 bits per heavy atom. The molecule has 0 aliphatic carbocycles. The Hall–Kier alpha value is -3.75. The molecule has 0 spiro atoms. The molecule has 0 saturated carbocycles. The number of methoxy groups -OCH3 is 1. The fourth-order valence-electron chi connectivity index (χ4n) is 5.13. The van der Waals surface area contributed by atoms with E-state index in [1.165, 1.54) is 25.3 Å². The van der Waals surface area contributed by atoms with Crippen molar-refractivity contribution >= 4 is 11.0 Å². The molecule has 2 aliphatic heterocycles. The first-order valence-electron chi connectivity index (χ1n) is 13.5. The predicted molar refractivity (Wildman–Crippen MR) is 146 cm³/mol. The summed E-state index contributed by atoms with van der Waals surface area (Å²) in [6, 6.07) is 5.72. The first kappa shape index (κ1) is 32.6. The molecular formula is C28H32O17. The molecule has 17 heteroatoms. The van der Waals surface area contributed by atoms with E-state index in [1.54, 1.807) is 0 Å². The van der Waals surface area contributed by atoms with Crippen LogP contribution in [-0.4, -0.2) is 133 Å². The van der Waals surface area contributed by atoms with Crippen LogP contribution < -0.4 is 14.9 Å². The van der Waals surface area contributed by atoms with Gasteiger partial charge in [0.1, 0.15) is 65.2 Å². The quantitative estimate of drug-likeness (QED) is 0.123. The second-order valence-electron chi connectivity index (χ2n) is 10.4. The van der Waals surface area contributed by atoms with Crippen LogP contribution in [0.3, 0.4) is 0 Å². The number of aliphatic hydroxyl groups is 7. The van der Waals surface area contributed by atoms with Crippen molar-refractivity contribution in [2.75, 3.05) is 20.3 Å². The van der Waals surface area contributed by atoms with Gasteiger partial charge < -0.3 is 79.2 Å². The molecule has 0 bridgehead atoms. The van der Waals surface area contributed by atoms with Gasteiger partial charge in [-0.15, -0.1) is 0 Å². The Kier molecular flexibility index (Phi) is 9.38. The highest BCUT2D eigenvalue weighted by molar-refractivity contribution is 5.88. The lowest BCUT2D eigenvalue weighted by molar-refractivity contribution is -0.358. The summed E-state index contributed by atoms with van der Waals surface area (Å²) in [5, 5.41) is 102. The molecule has 3 heterocycles. The number of ether oxygens (including phenoxy) is 5. The fourth-order valence-corrected chi connectivity index (χ4v) is 5.13. The highest BCUT2D eigenvalue weighted by atomic mass is 16.8. The standard InChI is InChI=1S/C28H32O17/c1-40-13-4-9(2-3-11(13)32)24-25(20(36)17-12(33)5-10(31)6-14(17)41-24)44-28-26(22(38)19(35)16(8-30)43-28)45-27-23(39)21(37)18(34)15(7-29)42-27/h2-6,15-16,18-19,21-23,26-35,37-39H,7-8H2,1H3. The summed E-state index contributed by atoms with van der Waals surface area (Å²) in [6.07, 6.45) is -17.9. The average molecular weight is 641 g/mol. The van der Waals surface area contributed by atoms with Crippen LogP contribution in [0.25, 0.3) is 22.3 Å². The molecule has 2 aliphatic rings. The van der Waals surface area contributed by atoms with E-state index in [-0.39, 0.29) is 28.4 Å². The highest BCUT2D eigenvalue weighted by Crippen LogP contribution is 2.40. The fraction of sp³-hybridized carbons (Fsp3) is 0.464. The van der Waals surface area contributed by atoms with Crippen LogP contribution in [0.1, 0.15) is 0 Å². The maximum absolute atomic E-state index is 13.8. The molecule has 45 heavy (non-hydrogen) atoms. The smallest absolute Gasteiger partial charge is 0.239 e. The van der Waals surface area contributed by atoms with E-state index in [2.05, 4.69) is 0 Å². The third-order valence-corrected chi connectivity index (χ3v) is 7.56. The highest BCUT2D eigenvalue weighted by Gasteiger charge is 2.51. The van der Waals surface area contributed by atoms with E-state index >= 15 is 0 Å². The molecular weight excluding hydrogens is 608 g/mol. The lowest BCUT2D eigenvalue weighted by Gasteiger charge is -2.45. The topological polar surface area (TPSA) is 279 Å². The van der Waals surface area contributed by atoms with Crippen molar-refractivity contribution in [2.24, 2.45) is 0 Å². The van der Waals surface area contributed by atoms with Gasteiger partial charge in [-0.3, -0.25) is 4.79 Å². The Balaban J connectivity index is 1.62. The van der Waals surface area contributed by atoms with Crippen LogP contribution in [0.15, 0.2) is 39.5 Å². The molecule has 2 fully saturated rings. The van der Waals surface area contributed by atoms with Crippen molar-refractivity contribution in [3.05, 3.63) is 40.6 Å². The Labute approximate surface area is 252 Å². The average Bonchev–Trinajstić information content (AvgIpc) is 3.01. The van der Waals surface area contributed by atoms with Gasteiger partial charge in [0.2, 0.25) is 17.5 Å². The maximum Gasteiger partial charge on any atom is 0.239 e. The van der Waals surface area contributed by atoms with Crippen LogP contribution >= 0.6 is 0 Å². The molecule has 0 radical (unpaired) electrons. The van der Waals surface area contributed by atoms with Crippen molar-refractivity contribution in [1.29, 1.82) is 0 Å². The van der Waals surface area contributed by atoms with Crippen LogP contribution in [0.2, 0.25) is 0 Å². The Morgan fingerprint density at radius 2 is 1.42 bits per heavy atom. The van der Waals surface area contributed by atoms with Gasteiger partial charge in [0, 0.05) is 17.7 Å². The van der Waals surface area contributed by atoms with E-state index in [4.69, 9.17) is 28.1 Å². The van der Waals surface area contributed by atoms with Crippen LogP contribution in [0.5, 0.6) is 28.7 Å². The van der Waals surface area contributed by atoms with Crippen molar-refractivity contribution in [3.8, 4) is 40.1 Å². The number of aliphatic hydroxyl groups excluding tert-OH is 7. The molecule has 3 aromatic rings. The molecule has 10 atom stereocenters. The number of phenolic OH excluding ortho intramolecular Hbond substituents is 3. The van der Waals surface area contributed by atoms with Gasteiger partial charge in [0.15, 0.2) is 29.7 Å². The maximum atomic E-state index is 13.8. The number of hydrogen-bond donors (Lipinski definition) is 10. The van der Waals surface area contributed by atoms with Gasteiger partial charge in [-0.05, 0) is 18.2 Å². The number of fused-ring (bicyclic) bond motifs is 1. The first-order valence-corrected chi connectivity index (χ1v) is 13.5. The SMILES string of the molecule is COc1cc(-c2oc3cc(O)cc(O)c3c(=O)c2OC2OC(CO)C(O)C(O)C2OC2OC(CO)C(O)C(O)C2O)ccc1O. The third-order valence-electron chi connectivity index (χ3n) is 7.56. The van der Waals surface area contributed by atoms with Gasteiger partial charge in [-0.25, -0.2) is 0 Å². The molecule has 5 rings (SSSR count). The summed E-state index contributed by atoms with van der Waals surface area (Å²) >= 11 is 0. The van der Waals surface area contributed by atoms with Gasteiger partial charge >= 0.3 is 0 Å². The summed E-state index contributed by atoms with van der Waals surface area (Å²) in [4.78, 5) is 13.8. The summed E-state index contributed by atoms with van der Waals surface area (Å²) < 4.78 is 33.5. The summed E-state index contributed by atoms with van der Waals surface area (Å²) in [6.45, 7) is -1.65. The largest absolute Gasteiger partial charge is 0.508 e. The normalized spacial score (nSPS) is 32.0. The molecule has 10 N–H and O–H groups in total. The Bertz CT molecular complexity index is 1570. The van der Waals surface area contributed by atoms with Crippen molar-refractivity contribution in [3.63, 3.8) is 0 Å². The number of hydrogen-bond acceptors (Lipinski definition) is 17. The lowest BCUT2D eigenvalue weighted by Crippen LogP contribution is -2.65. The van der Waals surface area contributed by atoms with Gasteiger partial charge in [-0.2, -0.15) is 0 Å². The molecule has 2 saturated heterocycles. The Morgan fingerprint density at radius 1 is 0.778 bits per heavy atom. The minimum absolute atomic E-state index is 0.0448. The van der Waals surface area contributed by atoms with Crippen molar-refractivity contribution < 1.29 is 79.2 Å². The molecule has 246 valence electrons. The monoisotopic (exact) mass is 640 g/mol. The van der Waals surface area contributed by atoms with Crippen LogP contribution in [0.4, 0.5) is 0 Å². The summed E-state index contributed by atoms with van der Waals surface area (Å²) in [5.74, 6) is -2.49.